The lowest BCUT2D eigenvalue weighted by Gasteiger charge is -2.38. The summed E-state index contributed by atoms with van der Waals surface area (Å²) in [4.78, 5) is 14.5. The minimum atomic E-state index is -0.324. The van der Waals surface area contributed by atoms with Gasteiger partial charge in [0.05, 0.1) is 0 Å². The smallest absolute Gasteiger partial charge is 0.254 e. The van der Waals surface area contributed by atoms with Gasteiger partial charge >= 0.3 is 0 Å². The van der Waals surface area contributed by atoms with E-state index >= 15 is 0 Å². The van der Waals surface area contributed by atoms with Crippen molar-refractivity contribution >= 4 is 11.7 Å². The van der Waals surface area contributed by atoms with Crippen LogP contribution in [0.15, 0.2) is 29.4 Å². The van der Waals surface area contributed by atoms with Crippen LogP contribution < -0.4 is 5.73 Å². The fraction of sp³-hybridized carbons (Fsp3) is 0.500. The van der Waals surface area contributed by atoms with Crippen LogP contribution >= 0.6 is 0 Å². The second-order valence-electron chi connectivity index (χ2n) is 5.85. The van der Waals surface area contributed by atoms with E-state index in [1.807, 2.05) is 36.1 Å². The molecule has 1 aromatic carbocycles. The van der Waals surface area contributed by atoms with E-state index in [1.54, 1.807) is 0 Å². The fourth-order valence-electron chi connectivity index (χ4n) is 2.79. The van der Waals surface area contributed by atoms with Gasteiger partial charge in [0.1, 0.15) is 5.84 Å². The van der Waals surface area contributed by atoms with E-state index in [-0.39, 0.29) is 17.2 Å². The molecule has 1 amide bonds. The normalized spacial score (nSPS) is 18.6. The zero-order valence-electron chi connectivity index (χ0n) is 12.7. The van der Waals surface area contributed by atoms with Gasteiger partial charge in [0, 0.05) is 24.1 Å². The minimum absolute atomic E-state index is 0.0778. The van der Waals surface area contributed by atoms with Gasteiger partial charge in [-0.25, -0.2) is 0 Å². The quantitative estimate of drug-likeness (QED) is 0.387. The third kappa shape index (κ3) is 3.01. The molecule has 2 rings (SSSR count). The Labute approximate surface area is 125 Å². The SMILES string of the molecule is CCc1ccccc1C(=O)N1CCC(C)(/C(N)=N/O)CC1. The molecule has 0 bridgehead atoms. The molecule has 1 aliphatic heterocycles. The summed E-state index contributed by atoms with van der Waals surface area (Å²) in [5, 5.41) is 12.0. The van der Waals surface area contributed by atoms with Crippen molar-refractivity contribution in [1.82, 2.24) is 4.90 Å². The van der Waals surface area contributed by atoms with Gasteiger partial charge in [0.15, 0.2) is 0 Å². The number of amidine groups is 1. The summed E-state index contributed by atoms with van der Waals surface area (Å²) in [6, 6.07) is 7.74. The number of nitrogens with zero attached hydrogens (tertiary/aromatic N) is 2. The molecule has 114 valence electrons. The standard InChI is InChI=1S/C16H23N3O2/c1-3-12-6-4-5-7-13(12)14(20)19-10-8-16(2,9-11-19)15(17)18-21/h4-7,21H,3,8-11H2,1-2H3,(H2,17,18). The highest BCUT2D eigenvalue weighted by molar-refractivity contribution is 5.96. The van der Waals surface area contributed by atoms with E-state index in [4.69, 9.17) is 10.9 Å². The summed E-state index contributed by atoms with van der Waals surface area (Å²) in [6.45, 7) is 5.29. The van der Waals surface area contributed by atoms with Crippen molar-refractivity contribution in [3.05, 3.63) is 35.4 Å². The number of piperidine rings is 1. The molecule has 0 aliphatic carbocycles. The Morgan fingerprint density at radius 2 is 2.00 bits per heavy atom. The van der Waals surface area contributed by atoms with Crippen molar-refractivity contribution in [1.29, 1.82) is 0 Å². The highest BCUT2D eigenvalue weighted by Gasteiger charge is 2.36. The van der Waals surface area contributed by atoms with Crippen LogP contribution in [-0.4, -0.2) is 34.9 Å². The van der Waals surface area contributed by atoms with Crippen molar-refractivity contribution in [2.75, 3.05) is 13.1 Å². The highest BCUT2D eigenvalue weighted by atomic mass is 16.4. The van der Waals surface area contributed by atoms with Crippen molar-refractivity contribution < 1.29 is 10.0 Å². The first-order valence-electron chi connectivity index (χ1n) is 7.37. The minimum Gasteiger partial charge on any atom is -0.409 e. The second kappa shape index (κ2) is 6.16. The molecule has 5 nitrogen and oxygen atoms in total. The average molecular weight is 289 g/mol. The van der Waals surface area contributed by atoms with Crippen LogP contribution in [-0.2, 0) is 6.42 Å². The Morgan fingerprint density at radius 3 is 2.57 bits per heavy atom. The van der Waals surface area contributed by atoms with Crippen LogP contribution in [0, 0.1) is 5.41 Å². The molecule has 1 aromatic rings. The Morgan fingerprint density at radius 1 is 1.38 bits per heavy atom. The van der Waals surface area contributed by atoms with Gasteiger partial charge in [-0.1, -0.05) is 37.2 Å². The number of rotatable bonds is 3. The summed E-state index contributed by atoms with van der Waals surface area (Å²) in [5.74, 6) is 0.331. The van der Waals surface area contributed by atoms with E-state index in [0.717, 1.165) is 17.5 Å². The molecule has 0 saturated carbocycles. The zero-order valence-corrected chi connectivity index (χ0v) is 12.7. The maximum Gasteiger partial charge on any atom is 0.254 e. The number of hydrogen-bond acceptors (Lipinski definition) is 3. The molecule has 0 atom stereocenters. The summed E-state index contributed by atoms with van der Waals surface area (Å²) in [7, 11) is 0. The Kier molecular flexibility index (Phi) is 4.50. The van der Waals surface area contributed by atoms with E-state index in [0.29, 0.717) is 25.9 Å². The Balaban J connectivity index is 2.10. The van der Waals surface area contributed by atoms with Gasteiger partial charge in [-0.3, -0.25) is 4.79 Å². The Bertz CT molecular complexity index is 546. The van der Waals surface area contributed by atoms with Crippen LogP contribution in [0.1, 0.15) is 42.6 Å². The van der Waals surface area contributed by atoms with E-state index in [2.05, 4.69) is 12.1 Å². The Hall–Kier alpha value is -2.04. The van der Waals surface area contributed by atoms with Gasteiger partial charge in [-0.15, -0.1) is 0 Å². The van der Waals surface area contributed by atoms with Gasteiger partial charge in [0.25, 0.3) is 5.91 Å². The van der Waals surface area contributed by atoms with Crippen molar-refractivity contribution in [2.24, 2.45) is 16.3 Å². The fourth-order valence-corrected chi connectivity index (χ4v) is 2.79. The number of carbonyl (C=O) groups is 1. The van der Waals surface area contributed by atoms with Crippen LogP contribution in [0.4, 0.5) is 0 Å². The number of amides is 1. The van der Waals surface area contributed by atoms with Gasteiger partial charge < -0.3 is 15.8 Å². The molecule has 0 radical (unpaired) electrons. The summed E-state index contributed by atoms with van der Waals surface area (Å²) < 4.78 is 0. The molecule has 1 heterocycles. The molecule has 1 saturated heterocycles. The molecule has 5 heteroatoms. The lowest BCUT2D eigenvalue weighted by Crippen LogP contribution is -2.47. The largest absolute Gasteiger partial charge is 0.409 e. The van der Waals surface area contributed by atoms with Crippen molar-refractivity contribution in [3.8, 4) is 0 Å². The molecule has 21 heavy (non-hydrogen) atoms. The van der Waals surface area contributed by atoms with Crippen LogP contribution in [0.5, 0.6) is 0 Å². The molecule has 3 N–H and O–H groups in total. The summed E-state index contributed by atoms with van der Waals surface area (Å²) in [6.07, 6.45) is 2.27. The predicted molar refractivity (Wildman–Crippen MR) is 82.5 cm³/mol. The number of carbonyl (C=O) groups excluding carboxylic acids is 1. The van der Waals surface area contributed by atoms with E-state index in [1.165, 1.54) is 0 Å². The maximum atomic E-state index is 12.6. The molecular formula is C16H23N3O2. The first-order valence-corrected chi connectivity index (χ1v) is 7.37. The van der Waals surface area contributed by atoms with Crippen LogP contribution in [0.2, 0.25) is 0 Å². The predicted octanol–water partition coefficient (Wildman–Crippen LogP) is 2.24. The molecule has 0 spiro atoms. The molecule has 1 aliphatic rings. The first-order chi connectivity index (χ1) is 10.0. The number of aryl methyl sites for hydroxylation is 1. The molecule has 0 unspecified atom stereocenters. The third-order valence-electron chi connectivity index (χ3n) is 4.51. The summed E-state index contributed by atoms with van der Waals surface area (Å²) >= 11 is 0. The monoisotopic (exact) mass is 289 g/mol. The lowest BCUT2D eigenvalue weighted by molar-refractivity contribution is 0.0665. The van der Waals surface area contributed by atoms with Gasteiger partial charge in [0.2, 0.25) is 0 Å². The molecule has 0 aromatic heterocycles. The average Bonchev–Trinajstić information content (AvgIpc) is 2.54. The van der Waals surface area contributed by atoms with Crippen molar-refractivity contribution in [3.63, 3.8) is 0 Å². The van der Waals surface area contributed by atoms with Crippen LogP contribution in [0.25, 0.3) is 0 Å². The number of nitrogens with two attached hydrogens (primary N) is 1. The second-order valence-corrected chi connectivity index (χ2v) is 5.85. The highest BCUT2D eigenvalue weighted by Crippen LogP contribution is 2.31. The summed E-state index contributed by atoms with van der Waals surface area (Å²) in [5.41, 5.74) is 7.29. The van der Waals surface area contributed by atoms with Crippen molar-refractivity contribution in [2.45, 2.75) is 33.1 Å². The number of oxime groups is 1. The van der Waals surface area contributed by atoms with Crippen LogP contribution in [0.3, 0.4) is 0 Å². The number of likely N-dealkylation sites (tertiary alicyclic amines) is 1. The third-order valence-corrected chi connectivity index (χ3v) is 4.51. The topological polar surface area (TPSA) is 78.9 Å². The van der Waals surface area contributed by atoms with E-state index < -0.39 is 0 Å². The lowest BCUT2D eigenvalue weighted by atomic mass is 9.79. The first kappa shape index (κ1) is 15.4. The van der Waals surface area contributed by atoms with Gasteiger partial charge in [-0.05, 0) is 30.9 Å². The zero-order chi connectivity index (χ0) is 15.5. The molecule has 1 fully saturated rings. The molecular weight excluding hydrogens is 266 g/mol. The maximum absolute atomic E-state index is 12.6. The number of benzene rings is 1. The van der Waals surface area contributed by atoms with E-state index in [9.17, 15) is 4.79 Å². The number of hydrogen-bond donors (Lipinski definition) is 2. The van der Waals surface area contributed by atoms with Gasteiger partial charge in [-0.2, -0.15) is 0 Å².